The van der Waals surface area contributed by atoms with Crippen LogP contribution in [0.25, 0.3) is 16.9 Å². The average Bonchev–Trinajstić information content (AvgIpc) is 2.85. The molecule has 0 aliphatic heterocycles. The van der Waals surface area contributed by atoms with Gasteiger partial charge in [-0.3, -0.25) is 4.57 Å². The van der Waals surface area contributed by atoms with Gasteiger partial charge in [-0.2, -0.15) is 4.98 Å². The Bertz CT molecular complexity index is 718. The molecule has 2 heterocycles. The highest BCUT2D eigenvalue weighted by atomic mass is 15.2. The second kappa shape index (κ2) is 4.56. The number of anilines is 2. The highest BCUT2D eigenvalue weighted by molar-refractivity contribution is 5.80. The minimum absolute atomic E-state index is 0.581. The molecule has 1 aromatic carbocycles. The fourth-order valence-electron chi connectivity index (χ4n) is 2.02. The van der Waals surface area contributed by atoms with Crippen molar-refractivity contribution in [3.63, 3.8) is 0 Å². The zero-order chi connectivity index (χ0) is 13.2. The number of benzene rings is 1. The van der Waals surface area contributed by atoms with Crippen LogP contribution in [-0.2, 0) is 0 Å². The van der Waals surface area contributed by atoms with Gasteiger partial charge in [-0.05, 0) is 12.1 Å². The fraction of sp³-hybridized carbons (Fsp3) is 0.154. The highest BCUT2D eigenvalue weighted by Gasteiger charge is 2.12. The van der Waals surface area contributed by atoms with E-state index in [2.05, 4.69) is 25.6 Å². The van der Waals surface area contributed by atoms with E-state index in [1.54, 1.807) is 13.2 Å². The summed E-state index contributed by atoms with van der Waals surface area (Å²) in [4.78, 5) is 13.1. The molecule has 2 aromatic heterocycles. The Morgan fingerprint density at radius 2 is 1.84 bits per heavy atom. The molecule has 0 amide bonds. The first kappa shape index (κ1) is 11.5. The second-order valence-corrected chi connectivity index (χ2v) is 4.00. The van der Waals surface area contributed by atoms with Gasteiger partial charge < -0.3 is 10.6 Å². The van der Waals surface area contributed by atoms with E-state index in [-0.39, 0.29) is 0 Å². The molecular formula is C13H14N6. The van der Waals surface area contributed by atoms with Gasteiger partial charge in [0.25, 0.3) is 0 Å². The Kier molecular flexibility index (Phi) is 2.75. The molecule has 6 heteroatoms. The van der Waals surface area contributed by atoms with Crippen molar-refractivity contribution < 1.29 is 0 Å². The van der Waals surface area contributed by atoms with E-state index in [0.717, 1.165) is 22.8 Å². The van der Waals surface area contributed by atoms with E-state index >= 15 is 0 Å². The number of hydrogen-bond donors (Lipinski definition) is 2. The Labute approximate surface area is 110 Å². The summed E-state index contributed by atoms with van der Waals surface area (Å²) in [5.74, 6) is 2.11. The Morgan fingerprint density at radius 3 is 2.63 bits per heavy atom. The van der Waals surface area contributed by atoms with Crippen molar-refractivity contribution in [3.05, 3.63) is 36.5 Å². The van der Waals surface area contributed by atoms with Gasteiger partial charge in [0.1, 0.15) is 5.82 Å². The summed E-state index contributed by atoms with van der Waals surface area (Å²) in [6.07, 6.45) is 1.72. The summed E-state index contributed by atoms with van der Waals surface area (Å²) in [5.41, 5.74) is 1.93. The molecule has 0 bridgehead atoms. The van der Waals surface area contributed by atoms with Crippen LogP contribution in [-0.4, -0.2) is 33.6 Å². The maximum atomic E-state index is 4.53. The van der Waals surface area contributed by atoms with E-state index in [4.69, 9.17) is 0 Å². The third-order valence-corrected chi connectivity index (χ3v) is 2.88. The predicted molar refractivity (Wildman–Crippen MR) is 75.8 cm³/mol. The smallest absolute Gasteiger partial charge is 0.224 e. The van der Waals surface area contributed by atoms with Crippen LogP contribution < -0.4 is 10.6 Å². The quantitative estimate of drug-likeness (QED) is 0.747. The molecule has 0 aliphatic carbocycles. The van der Waals surface area contributed by atoms with Gasteiger partial charge >= 0.3 is 0 Å². The predicted octanol–water partition coefficient (Wildman–Crippen LogP) is 1.90. The van der Waals surface area contributed by atoms with Gasteiger partial charge in [-0.15, -0.1) is 0 Å². The third-order valence-electron chi connectivity index (χ3n) is 2.88. The zero-order valence-electron chi connectivity index (χ0n) is 10.8. The summed E-state index contributed by atoms with van der Waals surface area (Å²) < 4.78 is 1.97. The molecule has 0 saturated heterocycles. The fourth-order valence-corrected chi connectivity index (χ4v) is 2.02. The lowest BCUT2D eigenvalue weighted by Gasteiger charge is -2.08. The van der Waals surface area contributed by atoms with Crippen LogP contribution in [0.5, 0.6) is 0 Å². The van der Waals surface area contributed by atoms with Crippen LogP contribution in [0, 0.1) is 0 Å². The van der Waals surface area contributed by atoms with Crippen molar-refractivity contribution in [1.29, 1.82) is 0 Å². The first-order valence-electron chi connectivity index (χ1n) is 6.00. The Balaban J connectivity index is 2.27. The summed E-state index contributed by atoms with van der Waals surface area (Å²) >= 11 is 0. The number of para-hydroxylation sites is 2. The molecule has 6 nitrogen and oxygen atoms in total. The standard InChI is InChI=1S/C13H14N6/c1-14-12-16-8-7-11(18-12)19-10-6-4-3-5-9(10)17-13(19)15-2/h3-8H,1-2H3,(H,15,17)(H,14,16,18). The number of imidazole rings is 1. The summed E-state index contributed by atoms with van der Waals surface area (Å²) in [5, 5.41) is 6.03. The minimum atomic E-state index is 0.581. The molecule has 3 rings (SSSR count). The second-order valence-electron chi connectivity index (χ2n) is 4.00. The van der Waals surface area contributed by atoms with Gasteiger partial charge in [-0.1, -0.05) is 12.1 Å². The van der Waals surface area contributed by atoms with Crippen molar-refractivity contribution in [2.75, 3.05) is 24.7 Å². The minimum Gasteiger partial charge on any atom is -0.358 e. The first-order valence-corrected chi connectivity index (χ1v) is 6.00. The molecule has 0 saturated carbocycles. The lowest BCUT2D eigenvalue weighted by Crippen LogP contribution is -2.05. The maximum absolute atomic E-state index is 4.53. The third kappa shape index (κ3) is 1.87. The summed E-state index contributed by atoms with van der Waals surface area (Å²) in [6, 6.07) is 9.81. The van der Waals surface area contributed by atoms with E-state index < -0.39 is 0 Å². The molecule has 19 heavy (non-hydrogen) atoms. The molecule has 0 unspecified atom stereocenters. The van der Waals surface area contributed by atoms with Crippen molar-refractivity contribution in [2.24, 2.45) is 0 Å². The van der Waals surface area contributed by atoms with Gasteiger partial charge in [0, 0.05) is 26.4 Å². The number of nitrogens with one attached hydrogen (secondary N) is 2. The van der Waals surface area contributed by atoms with Crippen LogP contribution in [0.3, 0.4) is 0 Å². The van der Waals surface area contributed by atoms with E-state index in [0.29, 0.717) is 5.95 Å². The summed E-state index contributed by atoms with van der Waals surface area (Å²) in [7, 11) is 3.64. The van der Waals surface area contributed by atoms with E-state index in [1.807, 2.05) is 41.9 Å². The average molecular weight is 254 g/mol. The Morgan fingerprint density at radius 1 is 1.00 bits per heavy atom. The summed E-state index contributed by atoms with van der Waals surface area (Å²) in [6.45, 7) is 0. The van der Waals surface area contributed by atoms with Crippen molar-refractivity contribution in [3.8, 4) is 5.82 Å². The SMILES string of the molecule is CNc1nccc(-n2c(NC)nc3ccccc32)n1. The van der Waals surface area contributed by atoms with Gasteiger partial charge in [-0.25, -0.2) is 9.97 Å². The largest absolute Gasteiger partial charge is 0.358 e. The topological polar surface area (TPSA) is 67.7 Å². The zero-order valence-corrected chi connectivity index (χ0v) is 10.8. The van der Waals surface area contributed by atoms with Gasteiger partial charge in [0.05, 0.1) is 11.0 Å². The molecule has 96 valence electrons. The maximum Gasteiger partial charge on any atom is 0.224 e. The van der Waals surface area contributed by atoms with Crippen LogP contribution in [0.15, 0.2) is 36.5 Å². The number of aromatic nitrogens is 4. The van der Waals surface area contributed by atoms with Gasteiger partial charge in [0.15, 0.2) is 0 Å². The molecule has 3 aromatic rings. The van der Waals surface area contributed by atoms with Gasteiger partial charge in [0.2, 0.25) is 11.9 Å². The highest BCUT2D eigenvalue weighted by Crippen LogP contribution is 2.23. The molecule has 0 radical (unpaired) electrons. The van der Waals surface area contributed by atoms with Crippen LogP contribution in [0.1, 0.15) is 0 Å². The molecular weight excluding hydrogens is 240 g/mol. The molecule has 0 aliphatic rings. The van der Waals surface area contributed by atoms with Crippen LogP contribution in [0.2, 0.25) is 0 Å². The van der Waals surface area contributed by atoms with Crippen LogP contribution in [0.4, 0.5) is 11.9 Å². The number of hydrogen-bond acceptors (Lipinski definition) is 5. The van der Waals surface area contributed by atoms with E-state index in [1.165, 1.54) is 0 Å². The molecule has 0 fully saturated rings. The monoisotopic (exact) mass is 254 g/mol. The van der Waals surface area contributed by atoms with Crippen molar-refractivity contribution >= 4 is 22.9 Å². The first-order chi connectivity index (χ1) is 9.33. The molecule has 0 atom stereocenters. The van der Waals surface area contributed by atoms with Crippen LogP contribution >= 0.6 is 0 Å². The lowest BCUT2D eigenvalue weighted by molar-refractivity contribution is 0.998. The molecule has 2 N–H and O–H groups in total. The normalized spacial score (nSPS) is 10.6. The number of fused-ring (bicyclic) bond motifs is 1. The Hall–Kier alpha value is -2.63. The van der Waals surface area contributed by atoms with Crippen molar-refractivity contribution in [1.82, 2.24) is 19.5 Å². The van der Waals surface area contributed by atoms with Crippen molar-refractivity contribution in [2.45, 2.75) is 0 Å². The number of nitrogens with zero attached hydrogens (tertiary/aromatic N) is 4. The lowest BCUT2D eigenvalue weighted by atomic mass is 10.3. The number of rotatable bonds is 3. The van der Waals surface area contributed by atoms with E-state index in [9.17, 15) is 0 Å². The molecule has 0 spiro atoms.